The van der Waals surface area contributed by atoms with Gasteiger partial charge in [0.05, 0.1) is 4.88 Å². The number of nitrogens with one attached hydrogen (secondary N) is 1. The third-order valence-corrected chi connectivity index (χ3v) is 6.45. The number of likely N-dealkylation sites (tertiary alicyclic amines) is 1. The van der Waals surface area contributed by atoms with E-state index in [1.165, 1.54) is 28.4 Å². The molecule has 0 saturated carbocycles. The van der Waals surface area contributed by atoms with Crippen molar-refractivity contribution in [3.63, 3.8) is 0 Å². The SMILES string of the molecule is CNC(=O)c1ccc([C@@H]2CCCN2Cc2ccc(-c3csnn3)cc2)s1. The number of hydrogen-bond donors (Lipinski definition) is 1. The molecular formula is C19H20N4OS2. The Morgan fingerprint density at radius 1 is 1.27 bits per heavy atom. The van der Waals surface area contributed by atoms with Gasteiger partial charge in [-0.25, -0.2) is 0 Å². The van der Waals surface area contributed by atoms with Gasteiger partial charge in [0, 0.05) is 35.5 Å². The maximum absolute atomic E-state index is 11.8. The Hall–Kier alpha value is -2.09. The standard InChI is InChI=1S/C19H20N4OS2/c1-20-19(24)18-9-8-17(26-18)16-3-2-10-23(16)11-13-4-6-14(7-5-13)15-12-25-22-21-15/h4-9,12,16H,2-3,10-11H2,1H3,(H,20,24)/t16-/m0/s1. The predicted molar refractivity (Wildman–Crippen MR) is 105 cm³/mol. The van der Waals surface area contributed by atoms with Crippen molar-refractivity contribution in [2.45, 2.75) is 25.4 Å². The van der Waals surface area contributed by atoms with Crippen LogP contribution in [0.3, 0.4) is 0 Å². The molecule has 1 amide bonds. The van der Waals surface area contributed by atoms with E-state index < -0.39 is 0 Å². The van der Waals surface area contributed by atoms with E-state index in [1.807, 2.05) is 11.4 Å². The fourth-order valence-electron chi connectivity index (χ4n) is 3.42. The van der Waals surface area contributed by atoms with E-state index in [4.69, 9.17) is 0 Å². The van der Waals surface area contributed by atoms with Gasteiger partial charge in [-0.3, -0.25) is 9.69 Å². The molecule has 1 aliphatic rings. The average Bonchev–Trinajstić information content (AvgIpc) is 3.42. The third-order valence-electron chi connectivity index (χ3n) is 4.77. The second-order valence-corrected chi connectivity index (χ2v) is 8.12. The van der Waals surface area contributed by atoms with E-state index in [2.05, 4.69) is 50.1 Å². The minimum Gasteiger partial charge on any atom is -0.354 e. The van der Waals surface area contributed by atoms with Crippen molar-refractivity contribution >= 4 is 28.8 Å². The average molecular weight is 385 g/mol. The van der Waals surface area contributed by atoms with E-state index in [1.54, 1.807) is 18.4 Å². The Labute approximate surface area is 160 Å². The van der Waals surface area contributed by atoms with Gasteiger partial charge in [-0.1, -0.05) is 28.8 Å². The van der Waals surface area contributed by atoms with Gasteiger partial charge in [-0.05, 0) is 48.6 Å². The van der Waals surface area contributed by atoms with Crippen molar-refractivity contribution in [2.24, 2.45) is 0 Å². The Morgan fingerprint density at radius 3 is 2.85 bits per heavy atom. The zero-order valence-corrected chi connectivity index (χ0v) is 16.1. The van der Waals surface area contributed by atoms with Gasteiger partial charge in [-0.15, -0.1) is 16.4 Å². The molecule has 0 bridgehead atoms. The van der Waals surface area contributed by atoms with Crippen LogP contribution in [0.5, 0.6) is 0 Å². The Balaban J connectivity index is 1.47. The molecule has 134 valence electrons. The second-order valence-electron chi connectivity index (χ2n) is 6.40. The molecule has 0 aliphatic carbocycles. The lowest BCUT2D eigenvalue weighted by atomic mass is 10.1. The largest absolute Gasteiger partial charge is 0.354 e. The molecule has 3 heterocycles. The molecule has 5 nitrogen and oxygen atoms in total. The highest BCUT2D eigenvalue weighted by Gasteiger charge is 2.27. The monoisotopic (exact) mass is 384 g/mol. The van der Waals surface area contributed by atoms with Gasteiger partial charge in [0.2, 0.25) is 0 Å². The summed E-state index contributed by atoms with van der Waals surface area (Å²) in [5.74, 6) is -0.00193. The summed E-state index contributed by atoms with van der Waals surface area (Å²) in [4.78, 5) is 16.4. The van der Waals surface area contributed by atoms with Gasteiger partial charge < -0.3 is 5.32 Å². The highest BCUT2D eigenvalue weighted by Crippen LogP contribution is 2.37. The van der Waals surface area contributed by atoms with Crippen LogP contribution in [0.2, 0.25) is 0 Å². The highest BCUT2D eigenvalue weighted by atomic mass is 32.1. The molecule has 1 N–H and O–H groups in total. The molecule has 0 unspecified atom stereocenters. The minimum atomic E-state index is -0.00193. The molecule has 1 fully saturated rings. The smallest absolute Gasteiger partial charge is 0.261 e. The van der Waals surface area contributed by atoms with Crippen LogP contribution in [0.1, 0.15) is 39.0 Å². The molecule has 4 rings (SSSR count). The van der Waals surface area contributed by atoms with Gasteiger partial charge >= 0.3 is 0 Å². The fraction of sp³-hybridized carbons (Fsp3) is 0.316. The van der Waals surface area contributed by atoms with Crippen LogP contribution in [-0.2, 0) is 6.54 Å². The molecule has 1 saturated heterocycles. The Morgan fingerprint density at radius 2 is 2.12 bits per heavy atom. The zero-order valence-electron chi connectivity index (χ0n) is 14.5. The first kappa shape index (κ1) is 17.3. The van der Waals surface area contributed by atoms with Crippen LogP contribution in [0.25, 0.3) is 11.3 Å². The Bertz CT molecular complexity index is 873. The van der Waals surface area contributed by atoms with Crippen molar-refractivity contribution in [2.75, 3.05) is 13.6 Å². The number of thiophene rings is 1. The number of hydrogen-bond acceptors (Lipinski definition) is 6. The normalized spacial score (nSPS) is 17.5. The maximum atomic E-state index is 11.8. The number of rotatable bonds is 5. The first-order valence-electron chi connectivity index (χ1n) is 8.67. The molecule has 1 aromatic carbocycles. The topological polar surface area (TPSA) is 58.1 Å². The summed E-state index contributed by atoms with van der Waals surface area (Å²) in [6, 6.07) is 13.0. The molecule has 0 radical (unpaired) electrons. The van der Waals surface area contributed by atoms with Crippen molar-refractivity contribution in [3.8, 4) is 11.3 Å². The van der Waals surface area contributed by atoms with Gasteiger partial charge in [0.25, 0.3) is 5.91 Å². The summed E-state index contributed by atoms with van der Waals surface area (Å²) in [6.45, 7) is 2.02. The van der Waals surface area contributed by atoms with Gasteiger partial charge in [0.1, 0.15) is 5.69 Å². The van der Waals surface area contributed by atoms with Gasteiger partial charge in [0.15, 0.2) is 0 Å². The summed E-state index contributed by atoms with van der Waals surface area (Å²) >= 11 is 2.98. The molecule has 2 aromatic heterocycles. The summed E-state index contributed by atoms with van der Waals surface area (Å²) in [7, 11) is 1.68. The molecule has 1 atom stereocenters. The highest BCUT2D eigenvalue weighted by molar-refractivity contribution is 7.14. The van der Waals surface area contributed by atoms with Crippen molar-refractivity contribution < 1.29 is 4.79 Å². The van der Waals surface area contributed by atoms with E-state index in [0.717, 1.165) is 35.6 Å². The molecule has 7 heteroatoms. The number of amides is 1. The van der Waals surface area contributed by atoms with Crippen molar-refractivity contribution in [1.82, 2.24) is 19.8 Å². The van der Waals surface area contributed by atoms with Crippen molar-refractivity contribution in [3.05, 3.63) is 57.1 Å². The predicted octanol–water partition coefficient (Wildman–Crippen LogP) is 3.96. The quantitative estimate of drug-likeness (QED) is 0.723. The van der Waals surface area contributed by atoms with Crippen LogP contribution >= 0.6 is 22.9 Å². The number of aromatic nitrogens is 2. The van der Waals surface area contributed by atoms with Crippen LogP contribution in [-0.4, -0.2) is 34.0 Å². The molecular weight excluding hydrogens is 364 g/mol. The number of carbonyl (C=O) groups excluding carboxylic acids is 1. The van der Waals surface area contributed by atoms with E-state index >= 15 is 0 Å². The lowest BCUT2D eigenvalue weighted by molar-refractivity contribution is 0.0967. The lowest BCUT2D eigenvalue weighted by Gasteiger charge is -2.23. The number of carbonyl (C=O) groups is 1. The third kappa shape index (κ3) is 3.56. The Kier molecular flexibility index (Phi) is 5.10. The van der Waals surface area contributed by atoms with Crippen LogP contribution in [0.15, 0.2) is 41.8 Å². The van der Waals surface area contributed by atoms with E-state index in [9.17, 15) is 4.79 Å². The lowest BCUT2D eigenvalue weighted by Crippen LogP contribution is -2.22. The summed E-state index contributed by atoms with van der Waals surface area (Å²) < 4.78 is 3.92. The molecule has 1 aliphatic heterocycles. The maximum Gasteiger partial charge on any atom is 0.261 e. The van der Waals surface area contributed by atoms with Crippen molar-refractivity contribution in [1.29, 1.82) is 0 Å². The van der Waals surface area contributed by atoms with Crippen LogP contribution in [0.4, 0.5) is 0 Å². The van der Waals surface area contributed by atoms with E-state index in [0.29, 0.717) is 6.04 Å². The number of nitrogens with zero attached hydrogens (tertiary/aromatic N) is 3. The zero-order chi connectivity index (χ0) is 17.9. The molecule has 3 aromatic rings. The minimum absolute atomic E-state index is 0.00193. The molecule has 26 heavy (non-hydrogen) atoms. The number of benzene rings is 1. The first-order valence-corrected chi connectivity index (χ1v) is 10.3. The summed E-state index contributed by atoms with van der Waals surface area (Å²) in [5.41, 5.74) is 3.33. The second kappa shape index (κ2) is 7.65. The van der Waals surface area contributed by atoms with Crippen LogP contribution in [0, 0.1) is 0 Å². The fourth-order valence-corrected chi connectivity index (χ4v) is 5.01. The first-order chi connectivity index (χ1) is 12.7. The summed E-state index contributed by atoms with van der Waals surface area (Å²) in [5, 5.41) is 8.79. The molecule has 0 spiro atoms. The van der Waals surface area contributed by atoms with Gasteiger partial charge in [-0.2, -0.15) is 0 Å². The summed E-state index contributed by atoms with van der Waals surface area (Å²) in [6.07, 6.45) is 2.34. The van der Waals surface area contributed by atoms with E-state index in [-0.39, 0.29) is 5.91 Å². The van der Waals surface area contributed by atoms with Crippen LogP contribution < -0.4 is 5.32 Å².